The number of ether oxygens (including phenoxy) is 1. The molecule has 4 amide bonds. The molecule has 0 saturated carbocycles. The number of nitro groups is 1. The van der Waals surface area contributed by atoms with Gasteiger partial charge in [-0.05, 0) is 153 Å². The van der Waals surface area contributed by atoms with Crippen LogP contribution in [0.5, 0.6) is 11.5 Å². The average molecular weight is 1200 g/mol. The monoisotopic (exact) mass is 1200 g/mol. The molecule has 2 aromatic heterocycles. The Morgan fingerprint density at radius 1 is 0.930 bits per heavy atom. The summed E-state index contributed by atoms with van der Waals surface area (Å²) in [5.41, 5.74) is 7.54. The van der Waals surface area contributed by atoms with Gasteiger partial charge in [0.2, 0.25) is 11.8 Å². The number of aromatic nitrogens is 2. The number of pyridine rings is 1. The molecule has 3 saturated heterocycles. The van der Waals surface area contributed by atoms with Crippen molar-refractivity contribution >= 4 is 78.9 Å². The maximum atomic E-state index is 14.2. The number of piperazine rings is 1. The first-order chi connectivity index (χ1) is 41.4. The van der Waals surface area contributed by atoms with Crippen molar-refractivity contribution in [3.63, 3.8) is 0 Å². The SMILES string of the molecule is CC1(C)CCC(CN2CCN(c3ccc(C(=O)NS(=O)(=O)c4ccc(NCC5CCCN(CCCCCC#Cc6cccc7c6CN(C6CCC(=O)NC6=O)C7=O)C5)c([N+](=O)[O-])c4)c(Oc4cnc5[nH]ccc5c4)c3)CC2)=C(c2ccc(Cl)cc2)C1. The second kappa shape index (κ2) is 25.9. The molecule has 0 bridgehead atoms. The molecule has 6 heterocycles. The number of halogens is 1. The number of imide groups is 1. The van der Waals surface area contributed by atoms with Crippen LogP contribution in [0.15, 0.2) is 114 Å². The Morgan fingerprint density at radius 2 is 1.76 bits per heavy atom. The number of anilines is 2. The van der Waals surface area contributed by atoms with Gasteiger partial charge in [-0.2, -0.15) is 0 Å². The van der Waals surface area contributed by atoms with Crippen molar-refractivity contribution in [2.75, 3.05) is 69.1 Å². The number of carbonyl (C=O) groups excluding carboxylic acids is 4. The molecule has 2 unspecified atom stereocenters. The Bertz CT molecular complexity index is 3810. The van der Waals surface area contributed by atoms with Crippen LogP contribution in [0.4, 0.5) is 17.1 Å². The van der Waals surface area contributed by atoms with Gasteiger partial charge in [-0.1, -0.05) is 67.5 Å². The highest BCUT2D eigenvalue weighted by Crippen LogP contribution is 2.44. The zero-order chi connectivity index (χ0) is 60.1. The Labute approximate surface area is 506 Å². The van der Waals surface area contributed by atoms with Crippen LogP contribution in [0.2, 0.25) is 5.02 Å². The summed E-state index contributed by atoms with van der Waals surface area (Å²) in [5, 5.41) is 19.6. The number of amides is 4. The van der Waals surface area contributed by atoms with E-state index < -0.39 is 43.4 Å². The molecule has 21 heteroatoms. The maximum Gasteiger partial charge on any atom is 0.293 e. The maximum absolute atomic E-state index is 14.2. The number of nitro benzene ring substituents is 1. The molecule has 0 radical (unpaired) electrons. The number of nitrogens with zero attached hydrogens (tertiary/aromatic N) is 6. The predicted octanol–water partition coefficient (Wildman–Crippen LogP) is 10.3. The molecule has 11 rings (SSSR count). The van der Waals surface area contributed by atoms with Gasteiger partial charge in [0.25, 0.3) is 27.5 Å². The van der Waals surface area contributed by atoms with Gasteiger partial charge in [-0.25, -0.2) is 18.1 Å². The van der Waals surface area contributed by atoms with Crippen LogP contribution in [0.1, 0.15) is 122 Å². The van der Waals surface area contributed by atoms with Crippen molar-refractivity contribution in [2.45, 2.75) is 102 Å². The number of aromatic amines is 1. The first-order valence-electron chi connectivity index (χ1n) is 29.7. The topological polar surface area (TPSA) is 233 Å². The first-order valence-corrected chi connectivity index (χ1v) is 31.6. The summed E-state index contributed by atoms with van der Waals surface area (Å²) in [4.78, 5) is 79.2. The zero-order valence-corrected chi connectivity index (χ0v) is 50.0. The smallest absolute Gasteiger partial charge is 0.293 e. The van der Waals surface area contributed by atoms with Gasteiger partial charge in [0.05, 0.1) is 21.6 Å². The lowest BCUT2D eigenvalue weighted by Crippen LogP contribution is -2.52. The molecule has 4 aromatic carbocycles. The minimum Gasteiger partial charge on any atom is -0.455 e. The van der Waals surface area contributed by atoms with Crippen LogP contribution in [-0.4, -0.2) is 127 Å². The van der Waals surface area contributed by atoms with E-state index in [1.54, 1.807) is 42.6 Å². The van der Waals surface area contributed by atoms with Gasteiger partial charge < -0.3 is 29.7 Å². The molecular formula is C65H71ClN10O9S. The van der Waals surface area contributed by atoms with E-state index in [9.17, 15) is 37.7 Å². The summed E-state index contributed by atoms with van der Waals surface area (Å²) < 4.78 is 36.6. The molecule has 86 heavy (non-hydrogen) atoms. The molecule has 5 aliphatic rings. The number of hydrogen-bond donors (Lipinski definition) is 4. The highest BCUT2D eigenvalue weighted by Gasteiger charge is 2.40. The number of unbranched alkanes of at least 4 members (excludes halogenated alkanes) is 3. The number of carbonyl (C=O) groups is 4. The van der Waals surface area contributed by atoms with Crippen LogP contribution in [-0.2, 0) is 26.2 Å². The van der Waals surface area contributed by atoms with Crippen LogP contribution in [0.3, 0.4) is 0 Å². The third-order valence-corrected chi connectivity index (χ3v) is 18.9. The Morgan fingerprint density at radius 3 is 2.56 bits per heavy atom. The van der Waals surface area contributed by atoms with Crippen LogP contribution >= 0.6 is 11.6 Å². The number of benzene rings is 4. The third-order valence-electron chi connectivity index (χ3n) is 17.3. The molecular weight excluding hydrogens is 1130 g/mol. The van der Waals surface area contributed by atoms with Crippen molar-refractivity contribution in [3.05, 3.63) is 152 Å². The van der Waals surface area contributed by atoms with E-state index >= 15 is 0 Å². The molecule has 6 aromatic rings. The molecule has 4 aliphatic heterocycles. The molecule has 448 valence electrons. The van der Waals surface area contributed by atoms with Crippen molar-refractivity contribution in [1.29, 1.82) is 0 Å². The molecule has 19 nitrogen and oxygen atoms in total. The molecule has 3 fully saturated rings. The van der Waals surface area contributed by atoms with Gasteiger partial charge >= 0.3 is 0 Å². The number of sulfonamides is 1. The van der Waals surface area contributed by atoms with Gasteiger partial charge in [-0.3, -0.25) is 39.5 Å². The van der Waals surface area contributed by atoms with Gasteiger partial charge in [0.1, 0.15) is 28.9 Å². The minimum atomic E-state index is -4.63. The Hall–Kier alpha value is -8.09. The van der Waals surface area contributed by atoms with E-state index in [1.807, 2.05) is 24.3 Å². The summed E-state index contributed by atoms with van der Waals surface area (Å²) in [5.74, 6) is 5.21. The fourth-order valence-electron chi connectivity index (χ4n) is 12.6. The summed E-state index contributed by atoms with van der Waals surface area (Å²) in [7, 11) is -4.63. The van der Waals surface area contributed by atoms with Crippen LogP contribution in [0.25, 0.3) is 16.6 Å². The van der Waals surface area contributed by atoms with Gasteiger partial charge in [-0.15, -0.1) is 0 Å². The van der Waals surface area contributed by atoms with Crippen LogP contribution in [0, 0.1) is 33.3 Å². The number of hydrogen-bond acceptors (Lipinski definition) is 14. The third kappa shape index (κ3) is 13.9. The van der Waals surface area contributed by atoms with Crippen LogP contribution < -0.4 is 25.0 Å². The number of allylic oxidation sites excluding steroid dienone is 1. The van der Waals surface area contributed by atoms with Crippen molar-refractivity contribution in [2.24, 2.45) is 11.3 Å². The van der Waals surface area contributed by atoms with E-state index in [0.29, 0.717) is 49.4 Å². The summed E-state index contributed by atoms with van der Waals surface area (Å²) in [6, 6.07) is 25.2. The molecule has 2 atom stereocenters. The number of fused-ring (bicyclic) bond motifs is 2. The lowest BCUT2D eigenvalue weighted by Gasteiger charge is -2.39. The molecule has 0 spiro atoms. The van der Waals surface area contributed by atoms with E-state index in [2.05, 4.69) is 77.8 Å². The summed E-state index contributed by atoms with van der Waals surface area (Å²) >= 11 is 6.27. The normalized spacial score (nSPS) is 19.2. The largest absolute Gasteiger partial charge is 0.455 e. The highest BCUT2D eigenvalue weighted by atomic mass is 35.5. The van der Waals surface area contributed by atoms with E-state index in [1.165, 1.54) is 39.9 Å². The summed E-state index contributed by atoms with van der Waals surface area (Å²) in [6.07, 6.45) is 12.4. The van der Waals surface area contributed by atoms with Gasteiger partial charge in [0, 0.05) is 111 Å². The van der Waals surface area contributed by atoms with E-state index in [0.717, 1.165) is 124 Å². The van der Waals surface area contributed by atoms with E-state index in [-0.39, 0.29) is 53.1 Å². The van der Waals surface area contributed by atoms with E-state index in [4.69, 9.17) is 16.3 Å². The number of rotatable bonds is 19. The lowest BCUT2D eigenvalue weighted by atomic mass is 9.72. The number of H-pyrrole nitrogens is 1. The Balaban J connectivity index is 0.686. The number of piperidine rings is 2. The second-order valence-corrected chi connectivity index (χ2v) is 26.1. The second-order valence-electron chi connectivity index (χ2n) is 24.0. The zero-order valence-electron chi connectivity index (χ0n) is 48.5. The predicted molar refractivity (Wildman–Crippen MR) is 331 cm³/mol. The fourth-order valence-corrected chi connectivity index (χ4v) is 13.7. The minimum absolute atomic E-state index is 0.0542. The van der Waals surface area contributed by atoms with Gasteiger partial charge in [0.15, 0.2) is 0 Å². The number of likely N-dealkylation sites (tertiary alicyclic amines) is 1. The standard InChI is InChI=1S/C65H71ClN10O9S/c1-65(2)26-24-47(54(37-65)45-14-16-48(66)17-15-45)41-73-30-32-74(33-31-73)49-18-20-53(59(35-49)85-50-34-46-25-27-67-61(46)69-39-50)62(78)71-86(83,84)51-19-21-56(58(36-51)76(81)82)68-38-43-10-9-29-72(40-43)28-7-5-3-4-6-11-44-12-8-13-52-55(44)42-75(64(52)80)57-22-23-60(77)70-63(57)79/h8,12-21,25,27,34-36,39,43,57,68H,3-5,7,9-10,22-24,26,28-33,37-38,40-42H2,1-2H3,(H,67,69)(H,71,78)(H,70,77,79). The highest BCUT2D eigenvalue weighted by molar-refractivity contribution is 7.90. The molecule has 1 aliphatic carbocycles. The quantitative estimate of drug-likeness (QED) is 0.0194. The number of nitrogens with one attached hydrogen (secondary N) is 4. The summed E-state index contributed by atoms with van der Waals surface area (Å²) in [6.45, 7) is 11.9. The fraction of sp³-hybridized carbons (Fsp3) is 0.400. The average Bonchev–Trinajstić information content (AvgIpc) is 2.84. The Kier molecular flexibility index (Phi) is 17.9. The van der Waals surface area contributed by atoms with Crippen molar-refractivity contribution < 1.29 is 37.3 Å². The van der Waals surface area contributed by atoms with Crippen molar-refractivity contribution in [3.8, 4) is 23.3 Å². The van der Waals surface area contributed by atoms with Crippen molar-refractivity contribution in [1.82, 2.24) is 34.7 Å². The lowest BCUT2D eigenvalue weighted by molar-refractivity contribution is -0.384. The molecule has 4 N–H and O–H groups in total. The first kappa shape index (κ1) is 59.6.